The van der Waals surface area contributed by atoms with E-state index in [1.54, 1.807) is 0 Å². The molecule has 1 aromatic carbocycles. The molecular formula is C12H17ClN2O4S2. The summed E-state index contributed by atoms with van der Waals surface area (Å²) in [7, 11) is -1.05. The number of sulfonamides is 1. The molecule has 0 bridgehead atoms. The van der Waals surface area contributed by atoms with Crippen molar-refractivity contribution in [3.63, 3.8) is 0 Å². The average Bonchev–Trinajstić information content (AvgIpc) is 2.38. The van der Waals surface area contributed by atoms with Crippen LogP contribution in [0.15, 0.2) is 23.1 Å². The maximum Gasteiger partial charge on any atom is 0.244 e. The van der Waals surface area contributed by atoms with Gasteiger partial charge in [-0.15, -0.1) is 0 Å². The third-order valence-corrected chi connectivity index (χ3v) is 5.27. The van der Waals surface area contributed by atoms with E-state index < -0.39 is 16.1 Å². The van der Waals surface area contributed by atoms with Crippen LogP contribution in [0.3, 0.4) is 0 Å². The monoisotopic (exact) mass is 352 g/mol. The van der Waals surface area contributed by atoms with Crippen LogP contribution in [0.4, 0.5) is 0 Å². The van der Waals surface area contributed by atoms with E-state index in [1.165, 1.54) is 32.4 Å². The molecule has 0 saturated carbocycles. The van der Waals surface area contributed by atoms with E-state index in [0.717, 1.165) is 4.31 Å². The van der Waals surface area contributed by atoms with Crippen LogP contribution >= 0.6 is 23.8 Å². The second kappa shape index (κ2) is 7.48. The Bertz CT molecular complexity index is 622. The number of hydrogen-bond donors (Lipinski definition) is 2. The molecule has 3 N–H and O–H groups in total. The SMILES string of the molecule is COCC(O)CN(C)S(=O)(=O)c1ccc(C(N)=S)cc1Cl. The summed E-state index contributed by atoms with van der Waals surface area (Å²) in [5, 5.41) is 9.64. The van der Waals surface area contributed by atoms with Crippen molar-refractivity contribution < 1.29 is 18.3 Å². The van der Waals surface area contributed by atoms with Crippen molar-refractivity contribution in [2.45, 2.75) is 11.0 Å². The van der Waals surface area contributed by atoms with Gasteiger partial charge in [-0.1, -0.05) is 29.9 Å². The zero-order valence-corrected chi connectivity index (χ0v) is 14.0. The number of thiocarbonyl (C=S) groups is 1. The number of ether oxygens (including phenoxy) is 1. The zero-order chi connectivity index (χ0) is 16.2. The molecule has 6 nitrogen and oxygen atoms in total. The van der Waals surface area contributed by atoms with E-state index in [1.807, 2.05) is 0 Å². The van der Waals surface area contributed by atoms with Gasteiger partial charge in [-0.25, -0.2) is 8.42 Å². The molecular weight excluding hydrogens is 336 g/mol. The van der Waals surface area contributed by atoms with Crippen LogP contribution < -0.4 is 5.73 Å². The summed E-state index contributed by atoms with van der Waals surface area (Å²) >= 11 is 10.8. The highest BCUT2D eigenvalue weighted by Gasteiger charge is 2.25. The highest BCUT2D eigenvalue weighted by molar-refractivity contribution is 7.89. The summed E-state index contributed by atoms with van der Waals surface area (Å²) in [6.07, 6.45) is -0.926. The van der Waals surface area contributed by atoms with Gasteiger partial charge in [-0.05, 0) is 12.1 Å². The van der Waals surface area contributed by atoms with Gasteiger partial charge in [0, 0.05) is 26.3 Å². The van der Waals surface area contributed by atoms with E-state index in [4.69, 9.17) is 34.3 Å². The lowest BCUT2D eigenvalue weighted by Gasteiger charge is -2.21. The first-order valence-corrected chi connectivity index (χ1v) is 8.15. The molecule has 0 aliphatic rings. The number of nitrogens with zero attached hydrogens (tertiary/aromatic N) is 1. The molecule has 1 rings (SSSR count). The summed E-state index contributed by atoms with van der Waals surface area (Å²) < 4.78 is 30.6. The maximum atomic E-state index is 12.4. The lowest BCUT2D eigenvalue weighted by atomic mass is 10.2. The molecule has 0 fully saturated rings. The van der Waals surface area contributed by atoms with Crippen molar-refractivity contribution in [2.24, 2.45) is 5.73 Å². The van der Waals surface area contributed by atoms with Gasteiger partial charge in [0.1, 0.15) is 9.88 Å². The van der Waals surface area contributed by atoms with Gasteiger partial charge in [-0.3, -0.25) is 0 Å². The number of rotatable bonds is 7. The molecule has 1 unspecified atom stereocenters. The lowest BCUT2D eigenvalue weighted by Crippen LogP contribution is -2.36. The molecule has 1 aromatic rings. The highest BCUT2D eigenvalue weighted by atomic mass is 35.5. The first-order chi connectivity index (χ1) is 9.70. The fraction of sp³-hybridized carbons (Fsp3) is 0.417. The lowest BCUT2D eigenvalue weighted by molar-refractivity contribution is 0.0554. The van der Waals surface area contributed by atoms with Crippen LogP contribution in [0.2, 0.25) is 5.02 Å². The fourth-order valence-corrected chi connectivity index (χ4v) is 3.52. The van der Waals surface area contributed by atoms with Crippen LogP contribution in [0.5, 0.6) is 0 Å². The van der Waals surface area contributed by atoms with Gasteiger partial charge in [0.05, 0.1) is 17.7 Å². The zero-order valence-electron chi connectivity index (χ0n) is 11.6. The number of aliphatic hydroxyl groups excluding tert-OH is 1. The van der Waals surface area contributed by atoms with Crippen molar-refractivity contribution in [2.75, 3.05) is 27.3 Å². The smallest absolute Gasteiger partial charge is 0.244 e. The quantitative estimate of drug-likeness (QED) is 0.698. The molecule has 1 atom stereocenters. The van der Waals surface area contributed by atoms with Gasteiger partial charge in [0.15, 0.2) is 0 Å². The Morgan fingerprint density at radius 3 is 2.67 bits per heavy atom. The Kier molecular flexibility index (Phi) is 6.51. The summed E-state index contributed by atoms with van der Waals surface area (Å²) in [5.74, 6) is 0. The van der Waals surface area contributed by atoms with Gasteiger partial charge in [0.25, 0.3) is 0 Å². The van der Waals surface area contributed by atoms with Gasteiger partial charge in [0.2, 0.25) is 10.0 Å². The van der Waals surface area contributed by atoms with Crippen LogP contribution in [-0.2, 0) is 14.8 Å². The first-order valence-electron chi connectivity index (χ1n) is 5.92. The van der Waals surface area contributed by atoms with Crippen molar-refractivity contribution in [3.8, 4) is 0 Å². The molecule has 0 spiro atoms. The second-order valence-corrected chi connectivity index (χ2v) is 7.26. The van der Waals surface area contributed by atoms with Crippen LogP contribution in [0.25, 0.3) is 0 Å². The van der Waals surface area contributed by atoms with Gasteiger partial charge in [-0.2, -0.15) is 4.31 Å². The van der Waals surface area contributed by atoms with Crippen molar-refractivity contribution in [1.82, 2.24) is 4.31 Å². The predicted octanol–water partition coefficient (Wildman–Crippen LogP) is 0.602. The number of nitrogens with two attached hydrogens (primary N) is 1. The van der Waals surface area contributed by atoms with Crippen molar-refractivity contribution in [3.05, 3.63) is 28.8 Å². The third kappa shape index (κ3) is 4.60. The van der Waals surface area contributed by atoms with Crippen LogP contribution in [-0.4, -0.2) is 56.2 Å². The van der Waals surface area contributed by atoms with E-state index in [-0.39, 0.29) is 28.1 Å². The molecule has 0 heterocycles. The predicted molar refractivity (Wildman–Crippen MR) is 85.0 cm³/mol. The number of halogens is 1. The molecule has 0 radical (unpaired) electrons. The molecule has 21 heavy (non-hydrogen) atoms. The van der Waals surface area contributed by atoms with Crippen LogP contribution in [0.1, 0.15) is 5.56 Å². The van der Waals surface area contributed by atoms with Crippen molar-refractivity contribution in [1.29, 1.82) is 0 Å². The average molecular weight is 353 g/mol. The Labute approximate surface area is 134 Å². The third-order valence-electron chi connectivity index (χ3n) is 2.73. The second-order valence-electron chi connectivity index (χ2n) is 4.40. The number of benzene rings is 1. The van der Waals surface area contributed by atoms with E-state index in [9.17, 15) is 13.5 Å². The summed E-state index contributed by atoms with van der Waals surface area (Å²) in [6.45, 7) is -0.0719. The number of aliphatic hydroxyl groups is 1. The fourth-order valence-electron chi connectivity index (χ4n) is 1.67. The summed E-state index contributed by atoms with van der Waals surface area (Å²) in [5.41, 5.74) is 5.95. The minimum atomic E-state index is -3.82. The Morgan fingerprint density at radius 1 is 1.57 bits per heavy atom. The molecule has 0 saturated heterocycles. The molecule has 0 aliphatic heterocycles. The Morgan fingerprint density at radius 2 is 2.19 bits per heavy atom. The van der Waals surface area contributed by atoms with Gasteiger partial charge >= 0.3 is 0 Å². The maximum absolute atomic E-state index is 12.4. The van der Waals surface area contributed by atoms with E-state index in [2.05, 4.69) is 0 Å². The molecule has 0 aromatic heterocycles. The minimum absolute atomic E-state index is 0.0216. The number of likely N-dealkylation sites (N-methyl/N-ethyl adjacent to an activating group) is 1. The topological polar surface area (TPSA) is 92.9 Å². The van der Waals surface area contributed by atoms with E-state index >= 15 is 0 Å². The molecule has 0 aliphatic carbocycles. The molecule has 118 valence electrons. The largest absolute Gasteiger partial charge is 0.389 e. The Balaban J connectivity index is 3.05. The first kappa shape index (κ1) is 18.3. The number of methoxy groups -OCH3 is 1. The number of hydrogen-bond acceptors (Lipinski definition) is 5. The molecule has 9 heteroatoms. The van der Waals surface area contributed by atoms with E-state index in [0.29, 0.717) is 5.56 Å². The normalized spacial score (nSPS) is 13.4. The van der Waals surface area contributed by atoms with Crippen LogP contribution in [0, 0.1) is 0 Å². The minimum Gasteiger partial charge on any atom is -0.389 e. The Hall–Kier alpha value is -0.770. The van der Waals surface area contributed by atoms with Crippen molar-refractivity contribution >= 4 is 38.8 Å². The summed E-state index contributed by atoms with van der Waals surface area (Å²) in [6, 6.07) is 4.22. The van der Waals surface area contributed by atoms with Gasteiger partial charge < -0.3 is 15.6 Å². The standard InChI is InChI=1S/C12H17ClN2O4S2/c1-15(6-9(16)7-19-2)21(17,18)11-4-3-8(12(14)20)5-10(11)13/h3-5,9,16H,6-7H2,1-2H3,(H2,14,20). The molecule has 0 amide bonds. The highest BCUT2D eigenvalue weighted by Crippen LogP contribution is 2.25. The summed E-state index contributed by atoms with van der Waals surface area (Å²) in [4.78, 5) is 0.0565.